The third-order valence-electron chi connectivity index (χ3n) is 4.94. The summed E-state index contributed by atoms with van der Waals surface area (Å²) in [5.41, 5.74) is 2.82. The fourth-order valence-corrected chi connectivity index (χ4v) is 3.57. The lowest BCUT2D eigenvalue weighted by atomic mass is 9.98. The summed E-state index contributed by atoms with van der Waals surface area (Å²) in [6.45, 7) is 11.6. The van der Waals surface area contributed by atoms with Gasteiger partial charge in [-0.1, -0.05) is 0 Å². The number of hydrogen-bond donors (Lipinski definition) is 1. The summed E-state index contributed by atoms with van der Waals surface area (Å²) in [6.07, 6.45) is 0.229. The van der Waals surface area contributed by atoms with Crippen molar-refractivity contribution in [1.29, 1.82) is 0 Å². The van der Waals surface area contributed by atoms with Crippen LogP contribution in [0.4, 0.5) is 10.5 Å². The minimum Gasteiger partial charge on any atom is -0.490 e. The minimum absolute atomic E-state index is 0.0497. The molecule has 1 aliphatic heterocycles. The van der Waals surface area contributed by atoms with Gasteiger partial charge < -0.3 is 19.1 Å². The number of rotatable bonds is 6. The molecule has 172 valence electrons. The molecule has 1 heterocycles. The highest BCUT2D eigenvalue weighted by Crippen LogP contribution is 2.34. The van der Waals surface area contributed by atoms with Gasteiger partial charge in [-0.05, 0) is 88.6 Å². The molecule has 1 N–H and O–H groups in total. The number of anilines is 1. The molecule has 7 heteroatoms. The van der Waals surface area contributed by atoms with Crippen molar-refractivity contribution in [2.45, 2.75) is 53.2 Å². The van der Waals surface area contributed by atoms with E-state index in [2.05, 4.69) is 5.32 Å². The summed E-state index contributed by atoms with van der Waals surface area (Å²) >= 11 is 0. The number of nitrogens with one attached hydrogen (secondary N) is 1. The molecular weight excluding hydrogens is 408 g/mol. The molecule has 0 saturated carbocycles. The average molecular weight is 441 g/mol. The maximum atomic E-state index is 13.1. The summed E-state index contributed by atoms with van der Waals surface area (Å²) in [5, 5.41) is 2.68. The highest BCUT2D eigenvalue weighted by molar-refractivity contribution is 5.95. The van der Waals surface area contributed by atoms with E-state index in [1.807, 2.05) is 30.9 Å². The lowest BCUT2D eigenvalue weighted by Crippen LogP contribution is -2.36. The van der Waals surface area contributed by atoms with E-state index in [0.717, 1.165) is 17.7 Å². The lowest BCUT2D eigenvalue weighted by molar-refractivity contribution is 0.0635. The Morgan fingerprint density at radius 3 is 2.12 bits per heavy atom. The van der Waals surface area contributed by atoms with Gasteiger partial charge in [0.25, 0.3) is 5.91 Å². The third-order valence-corrected chi connectivity index (χ3v) is 4.94. The van der Waals surface area contributed by atoms with Gasteiger partial charge in [0.1, 0.15) is 5.60 Å². The first kappa shape index (κ1) is 23.4. The van der Waals surface area contributed by atoms with Crippen LogP contribution in [0.3, 0.4) is 0 Å². The monoisotopic (exact) mass is 440 g/mol. The maximum absolute atomic E-state index is 13.1. The summed E-state index contributed by atoms with van der Waals surface area (Å²) in [5.74, 6) is 1.41. The highest BCUT2D eigenvalue weighted by atomic mass is 16.6. The largest absolute Gasteiger partial charge is 0.490 e. The minimum atomic E-state index is -0.573. The van der Waals surface area contributed by atoms with Gasteiger partial charge in [-0.25, -0.2) is 4.79 Å². The lowest BCUT2D eigenvalue weighted by Gasteiger charge is -2.30. The molecule has 0 aromatic heterocycles. The summed E-state index contributed by atoms with van der Waals surface area (Å²) in [7, 11) is 0. The topological polar surface area (TPSA) is 77.1 Å². The zero-order valence-corrected chi connectivity index (χ0v) is 19.5. The molecule has 1 aliphatic rings. The van der Waals surface area contributed by atoms with Crippen molar-refractivity contribution in [1.82, 2.24) is 4.90 Å². The van der Waals surface area contributed by atoms with E-state index >= 15 is 0 Å². The van der Waals surface area contributed by atoms with Crippen LogP contribution in [-0.4, -0.2) is 42.3 Å². The van der Waals surface area contributed by atoms with Crippen LogP contribution < -0.4 is 14.8 Å². The van der Waals surface area contributed by atoms with Crippen LogP contribution in [-0.2, 0) is 17.7 Å². The Bertz CT molecular complexity index is 964. The van der Waals surface area contributed by atoms with Crippen LogP contribution in [0.5, 0.6) is 11.5 Å². The molecule has 0 atom stereocenters. The Kier molecular flexibility index (Phi) is 7.28. The normalized spacial score (nSPS) is 13.2. The molecule has 0 spiro atoms. The van der Waals surface area contributed by atoms with Crippen molar-refractivity contribution in [2.75, 3.05) is 25.1 Å². The van der Waals surface area contributed by atoms with Crippen molar-refractivity contribution in [2.24, 2.45) is 0 Å². The Hall–Kier alpha value is -3.22. The van der Waals surface area contributed by atoms with Crippen LogP contribution in [0.2, 0.25) is 0 Å². The van der Waals surface area contributed by atoms with E-state index in [4.69, 9.17) is 14.2 Å². The summed E-state index contributed by atoms with van der Waals surface area (Å²) in [4.78, 5) is 26.8. The number of carbonyl (C=O) groups excluding carboxylic acids is 2. The first-order valence-electron chi connectivity index (χ1n) is 11.0. The predicted octanol–water partition coefficient (Wildman–Crippen LogP) is 5.03. The molecule has 2 aromatic rings. The van der Waals surface area contributed by atoms with Crippen molar-refractivity contribution >= 4 is 17.7 Å². The van der Waals surface area contributed by atoms with Gasteiger partial charge >= 0.3 is 6.09 Å². The van der Waals surface area contributed by atoms with E-state index in [1.54, 1.807) is 45.0 Å². The Labute approximate surface area is 189 Å². The quantitative estimate of drug-likeness (QED) is 0.682. The summed E-state index contributed by atoms with van der Waals surface area (Å²) in [6, 6.07) is 10.9. The second-order valence-electron chi connectivity index (χ2n) is 8.61. The molecule has 0 aliphatic carbocycles. The third kappa shape index (κ3) is 5.93. The second kappa shape index (κ2) is 9.94. The number of carbonyl (C=O) groups is 2. The standard InChI is InChI=1S/C25H32N2O5/c1-6-30-21-14-18-12-13-27(16-19(18)15-22(21)31-7-2)23(28)17-8-10-20(11-9-17)26-24(29)32-25(3,4)5/h8-11,14-15H,6-7,12-13,16H2,1-5H3,(H,26,29). The van der Waals surface area contributed by atoms with E-state index in [1.165, 1.54) is 5.56 Å². The zero-order valence-electron chi connectivity index (χ0n) is 19.5. The Morgan fingerprint density at radius 2 is 1.56 bits per heavy atom. The first-order chi connectivity index (χ1) is 15.2. The van der Waals surface area contributed by atoms with Crippen LogP contribution in [0.1, 0.15) is 56.1 Å². The predicted molar refractivity (Wildman–Crippen MR) is 124 cm³/mol. The van der Waals surface area contributed by atoms with Gasteiger partial charge in [0.15, 0.2) is 11.5 Å². The number of hydrogen-bond acceptors (Lipinski definition) is 5. The zero-order chi connectivity index (χ0) is 23.3. The smallest absolute Gasteiger partial charge is 0.412 e. The van der Waals surface area contributed by atoms with Crippen molar-refractivity contribution in [3.63, 3.8) is 0 Å². The van der Waals surface area contributed by atoms with Gasteiger partial charge in [0, 0.05) is 24.3 Å². The average Bonchev–Trinajstić information content (AvgIpc) is 2.73. The molecule has 2 aromatic carbocycles. The van der Waals surface area contributed by atoms with E-state index in [-0.39, 0.29) is 5.91 Å². The number of amides is 2. The van der Waals surface area contributed by atoms with Crippen LogP contribution in [0, 0.1) is 0 Å². The second-order valence-corrected chi connectivity index (χ2v) is 8.61. The van der Waals surface area contributed by atoms with Crippen LogP contribution in [0.25, 0.3) is 0 Å². The molecule has 0 radical (unpaired) electrons. The SMILES string of the molecule is CCOc1cc2c(cc1OCC)CN(C(=O)c1ccc(NC(=O)OC(C)(C)C)cc1)CC2. The highest BCUT2D eigenvalue weighted by Gasteiger charge is 2.24. The van der Waals surface area contributed by atoms with Gasteiger partial charge in [-0.15, -0.1) is 0 Å². The van der Waals surface area contributed by atoms with Crippen molar-refractivity contribution < 1.29 is 23.8 Å². The van der Waals surface area contributed by atoms with Crippen LogP contribution >= 0.6 is 0 Å². The Balaban J connectivity index is 1.69. The molecular formula is C25H32N2O5. The number of nitrogens with zero attached hydrogens (tertiary/aromatic N) is 1. The molecule has 7 nitrogen and oxygen atoms in total. The number of ether oxygens (including phenoxy) is 3. The maximum Gasteiger partial charge on any atom is 0.412 e. The summed E-state index contributed by atoms with van der Waals surface area (Å²) < 4.78 is 16.7. The van der Waals surface area contributed by atoms with E-state index < -0.39 is 11.7 Å². The fraction of sp³-hybridized carbons (Fsp3) is 0.440. The molecule has 2 amide bonds. The first-order valence-corrected chi connectivity index (χ1v) is 11.0. The van der Waals surface area contributed by atoms with Gasteiger partial charge in [-0.2, -0.15) is 0 Å². The molecule has 0 unspecified atom stereocenters. The van der Waals surface area contributed by atoms with Crippen molar-refractivity contribution in [3.05, 3.63) is 53.1 Å². The Morgan fingerprint density at radius 1 is 0.969 bits per heavy atom. The van der Waals surface area contributed by atoms with Crippen LogP contribution in [0.15, 0.2) is 36.4 Å². The number of benzene rings is 2. The van der Waals surface area contributed by atoms with Crippen molar-refractivity contribution in [3.8, 4) is 11.5 Å². The molecule has 32 heavy (non-hydrogen) atoms. The molecule has 0 fully saturated rings. The van der Waals surface area contributed by atoms with Gasteiger partial charge in [-0.3, -0.25) is 10.1 Å². The molecule has 0 saturated heterocycles. The van der Waals surface area contributed by atoms with Gasteiger partial charge in [0.2, 0.25) is 0 Å². The molecule has 0 bridgehead atoms. The van der Waals surface area contributed by atoms with E-state index in [9.17, 15) is 9.59 Å². The number of fused-ring (bicyclic) bond motifs is 1. The fourth-order valence-electron chi connectivity index (χ4n) is 3.57. The molecule has 3 rings (SSSR count). The van der Waals surface area contributed by atoms with Gasteiger partial charge in [0.05, 0.1) is 13.2 Å². The van der Waals surface area contributed by atoms with E-state index in [0.29, 0.717) is 43.3 Å².